The molecule has 0 saturated carbocycles. The highest BCUT2D eigenvalue weighted by molar-refractivity contribution is 6.49. The van der Waals surface area contributed by atoms with Gasteiger partial charge in [-0.1, -0.05) is 41.9 Å². The van der Waals surface area contributed by atoms with Crippen molar-refractivity contribution < 1.29 is 14.0 Å². The lowest BCUT2D eigenvalue weighted by Crippen LogP contribution is -2.15. The maximum Gasteiger partial charge on any atom is 0.236 e. The third-order valence-corrected chi connectivity index (χ3v) is 2.65. The molecule has 0 N–H and O–H groups in total. The van der Waals surface area contributed by atoms with Gasteiger partial charge in [0.25, 0.3) is 0 Å². The first-order valence-corrected chi connectivity index (χ1v) is 5.56. The number of carbonyl (C=O) groups is 2. The monoisotopic (exact) mass is 262 g/mol. The number of hydrogen-bond acceptors (Lipinski definition) is 2. The molecule has 0 radical (unpaired) electrons. The van der Waals surface area contributed by atoms with Crippen molar-refractivity contribution in [1.29, 1.82) is 0 Å². The molecule has 0 amide bonds. The Hall–Kier alpha value is -2.00. The van der Waals surface area contributed by atoms with E-state index in [1.54, 1.807) is 18.2 Å². The van der Waals surface area contributed by atoms with Gasteiger partial charge >= 0.3 is 0 Å². The highest BCUT2D eigenvalue weighted by Crippen LogP contribution is 2.17. The number of carbonyl (C=O) groups excluding carboxylic acids is 2. The molecule has 0 aliphatic carbocycles. The van der Waals surface area contributed by atoms with E-state index in [-0.39, 0.29) is 16.1 Å². The third-order valence-electron chi connectivity index (χ3n) is 2.42. The summed E-state index contributed by atoms with van der Waals surface area (Å²) in [5.74, 6) is -2.41. The van der Waals surface area contributed by atoms with Crippen molar-refractivity contribution in [3.63, 3.8) is 0 Å². The Balaban J connectivity index is 2.38. The van der Waals surface area contributed by atoms with Crippen molar-refractivity contribution in [3.05, 3.63) is 70.5 Å². The molecule has 90 valence electrons. The summed E-state index contributed by atoms with van der Waals surface area (Å²) in [6, 6.07) is 11.5. The summed E-state index contributed by atoms with van der Waals surface area (Å²) in [4.78, 5) is 23.7. The van der Waals surface area contributed by atoms with E-state index < -0.39 is 17.4 Å². The van der Waals surface area contributed by atoms with Crippen molar-refractivity contribution in [2.75, 3.05) is 0 Å². The zero-order valence-corrected chi connectivity index (χ0v) is 9.95. The minimum atomic E-state index is -0.902. The van der Waals surface area contributed by atoms with Gasteiger partial charge in [0.05, 0.1) is 5.56 Å². The first-order valence-electron chi connectivity index (χ1n) is 5.18. The predicted molar refractivity (Wildman–Crippen MR) is 66.5 cm³/mol. The van der Waals surface area contributed by atoms with Crippen LogP contribution in [0.4, 0.5) is 4.39 Å². The van der Waals surface area contributed by atoms with Crippen LogP contribution in [-0.4, -0.2) is 11.6 Å². The van der Waals surface area contributed by atoms with Crippen LogP contribution < -0.4 is 0 Å². The van der Waals surface area contributed by atoms with Crippen molar-refractivity contribution in [1.82, 2.24) is 0 Å². The molecule has 2 aromatic rings. The summed E-state index contributed by atoms with van der Waals surface area (Å²) in [6.45, 7) is 0. The topological polar surface area (TPSA) is 34.1 Å². The van der Waals surface area contributed by atoms with E-state index in [9.17, 15) is 14.0 Å². The van der Waals surface area contributed by atoms with Gasteiger partial charge in [-0.15, -0.1) is 0 Å². The molecule has 0 fully saturated rings. The van der Waals surface area contributed by atoms with Crippen LogP contribution in [-0.2, 0) is 0 Å². The van der Waals surface area contributed by atoms with Crippen molar-refractivity contribution in [2.24, 2.45) is 0 Å². The van der Waals surface area contributed by atoms with Gasteiger partial charge in [0.1, 0.15) is 5.82 Å². The van der Waals surface area contributed by atoms with Gasteiger partial charge in [-0.25, -0.2) is 4.39 Å². The number of halogens is 2. The summed E-state index contributed by atoms with van der Waals surface area (Å²) in [6.07, 6.45) is 0. The van der Waals surface area contributed by atoms with E-state index in [4.69, 9.17) is 11.6 Å². The molecule has 2 rings (SSSR count). The molecule has 4 heteroatoms. The lowest BCUT2D eigenvalue weighted by atomic mass is 10.0. The maximum atomic E-state index is 13.5. The summed E-state index contributed by atoms with van der Waals surface area (Å²) in [5.41, 5.74) is -0.0850. The third kappa shape index (κ3) is 2.46. The zero-order valence-electron chi connectivity index (χ0n) is 9.19. The molecular formula is C14H8ClFO2. The van der Waals surface area contributed by atoms with Gasteiger partial charge in [-0.05, 0) is 18.2 Å². The van der Waals surface area contributed by atoms with E-state index in [1.165, 1.54) is 18.2 Å². The Kier molecular flexibility index (Phi) is 3.53. The molecule has 0 bridgehead atoms. The fourth-order valence-corrected chi connectivity index (χ4v) is 1.69. The van der Waals surface area contributed by atoms with E-state index in [0.717, 1.165) is 12.1 Å². The summed E-state index contributed by atoms with van der Waals surface area (Å²) < 4.78 is 13.5. The van der Waals surface area contributed by atoms with E-state index in [1.807, 2.05) is 0 Å². The zero-order chi connectivity index (χ0) is 13.1. The first-order chi connectivity index (χ1) is 8.59. The Morgan fingerprint density at radius 1 is 0.944 bits per heavy atom. The van der Waals surface area contributed by atoms with Crippen LogP contribution in [0.3, 0.4) is 0 Å². The predicted octanol–water partition coefficient (Wildman–Crippen LogP) is 3.54. The van der Waals surface area contributed by atoms with Crippen LogP contribution in [0.5, 0.6) is 0 Å². The van der Waals surface area contributed by atoms with Gasteiger partial charge in [0.2, 0.25) is 11.6 Å². The standard InChI is InChI=1S/C14H8ClFO2/c15-10-6-7-12(16)11(8-10)14(18)13(17)9-4-2-1-3-5-9/h1-8H. The van der Waals surface area contributed by atoms with Crippen LogP contribution in [0.15, 0.2) is 48.5 Å². The van der Waals surface area contributed by atoms with E-state index in [2.05, 4.69) is 0 Å². The molecule has 0 aliphatic heterocycles. The second-order valence-corrected chi connectivity index (χ2v) is 4.08. The first kappa shape index (κ1) is 12.5. The minimum Gasteiger partial charge on any atom is -0.285 e. The molecule has 0 unspecified atom stereocenters. The number of Topliss-reactive ketones (excluding diaryl/α,β-unsaturated/α-hetero) is 2. The smallest absolute Gasteiger partial charge is 0.236 e. The van der Waals surface area contributed by atoms with Crippen molar-refractivity contribution >= 4 is 23.2 Å². The van der Waals surface area contributed by atoms with Gasteiger partial charge in [-0.2, -0.15) is 0 Å². The summed E-state index contributed by atoms with van der Waals surface area (Å²) in [7, 11) is 0. The van der Waals surface area contributed by atoms with Gasteiger partial charge in [-0.3, -0.25) is 9.59 Å². The molecule has 0 heterocycles. The van der Waals surface area contributed by atoms with Crippen LogP contribution >= 0.6 is 11.6 Å². The van der Waals surface area contributed by atoms with Crippen molar-refractivity contribution in [2.45, 2.75) is 0 Å². The summed E-state index contributed by atoms with van der Waals surface area (Å²) in [5, 5.41) is 0.209. The Morgan fingerprint density at radius 2 is 1.61 bits per heavy atom. The SMILES string of the molecule is O=C(C(=O)c1cc(Cl)ccc1F)c1ccccc1. The normalized spacial score (nSPS) is 10.1. The highest BCUT2D eigenvalue weighted by Gasteiger charge is 2.21. The number of hydrogen-bond donors (Lipinski definition) is 0. The average molecular weight is 263 g/mol. The Labute approximate surface area is 108 Å². The number of benzene rings is 2. The second-order valence-electron chi connectivity index (χ2n) is 3.65. The molecule has 18 heavy (non-hydrogen) atoms. The van der Waals surface area contributed by atoms with Crippen LogP contribution in [0.2, 0.25) is 5.02 Å². The Bertz CT molecular complexity index is 608. The highest BCUT2D eigenvalue weighted by atomic mass is 35.5. The molecule has 2 aromatic carbocycles. The molecule has 0 aromatic heterocycles. The fourth-order valence-electron chi connectivity index (χ4n) is 1.51. The van der Waals surface area contributed by atoms with E-state index in [0.29, 0.717) is 0 Å². The quantitative estimate of drug-likeness (QED) is 0.626. The van der Waals surface area contributed by atoms with Gasteiger partial charge in [0.15, 0.2) is 0 Å². The fraction of sp³-hybridized carbons (Fsp3) is 0. The molecular weight excluding hydrogens is 255 g/mol. The number of rotatable bonds is 3. The Morgan fingerprint density at radius 3 is 2.28 bits per heavy atom. The largest absolute Gasteiger partial charge is 0.285 e. The lowest BCUT2D eigenvalue weighted by Gasteiger charge is -2.02. The molecule has 0 saturated heterocycles. The van der Waals surface area contributed by atoms with Crippen molar-refractivity contribution in [3.8, 4) is 0 Å². The minimum absolute atomic E-state index is 0.209. The van der Waals surface area contributed by atoms with Crippen LogP contribution in [0, 0.1) is 5.82 Å². The second kappa shape index (κ2) is 5.10. The van der Waals surface area contributed by atoms with Crippen LogP contribution in [0.25, 0.3) is 0 Å². The van der Waals surface area contributed by atoms with E-state index >= 15 is 0 Å². The maximum absolute atomic E-state index is 13.5. The van der Waals surface area contributed by atoms with Crippen LogP contribution in [0.1, 0.15) is 20.7 Å². The van der Waals surface area contributed by atoms with Gasteiger partial charge in [0, 0.05) is 10.6 Å². The molecule has 0 aliphatic rings. The summed E-state index contributed by atoms with van der Waals surface area (Å²) >= 11 is 5.68. The lowest BCUT2D eigenvalue weighted by molar-refractivity contribution is 0.0814. The van der Waals surface area contributed by atoms with Gasteiger partial charge < -0.3 is 0 Å². The molecule has 0 spiro atoms. The molecule has 0 atom stereocenters. The number of ketones is 2. The average Bonchev–Trinajstić information content (AvgIpc) is 2.41. The molecule has 2 nitrogen and oxygen atoms in total.